The Morgan fingerprint density at radius 3 is 2.80 bits per heavy atom. The molecule has 25 heavy (non-hydrogen) atoms. The maximum absolute atomic E-state index is 12.3. The molecule has 0 fully saturated rings. The average molecular weight is 345 g/mol. The lowest BCUT2D eigenvalue weighted by Gasteiger charge is -2.20. The first-order valence-electron chi connectivity index (χ1n) is 7.81. The molecule has 1 aromatic carbocycles. The molecule has 0 bridgehead atoms. The van der Waals surface area contributed by atoms with Crippen molar-refractivity contribution < 1.29 is 13.9 Å². The number of allylic oxidation sites excluding steroid dienone is 1. The van der Waals surface area contributed by atoms with Crippen molar-refractivity contribution in [2.75, 3.05) is 25.5 Å². The van der Waals surface area contributed by atoms with E-state index < -0.39 is 0 Å². The highest BCUT2D eigenvalue weighted by atomic mass is 16.5. The average Bonchev–Trinajstić information content (AvgIpc) is 3.00. The van der Waals surface area contributed by atoms with Gasteiger partial charge < -0.3 is 25.2 Å². The van der Waals surface area contributed by atoms with E-state index in [1.54, 1.807) is 32.2 Å². The van der Waals surface area contributed by atoms with Gasteiger partial charge in [-0.25, -0.2) is 10.8 Å². The highest BCUT2D eigenvalue weighted by molar-refractivity contribution is 6.03. The summed E-state index contributed by atoms with van der Waals surface area (Å²) in [7, 11) is 1.73. The molecule has 8 nitrogen and oxygen atoms in total. The Bertz CT molecular complexity index is 767. The van der Waals surface area contributed by atoms with Crippen molar-refractivity contribution in [3.8, 4) is 5.75 Å². The van der Waals surface area contributed by atoms with E-state index in [1.165, 1.54) is 11.4 Å². The maximum atomic E-state index is 12.3. The van der Waals surface area contributed by atoms with Crippen LogP contribution in [0.3, 0.4) is 0 Å². The van der Waals surface area contributed by atoms with Gasteiger partial charge in [-0.05, 0) is 32.0 Å². The fourth-order valence-corrected chi connectivity index (χ4v) is 2.36. The highest BCUT2D eigenvalue weighted by Gasteiger charge is 2.17. The lowest BCUT2D eigenvalue weighted by atomic mass is 10.1. The van der Waals surface area contributed by atoms with Crippen molar-refractivity contribution in [2.45, 2.75) is 13.8 Å². The number of rotatable bonds is 7. The van der Waals surface area contributed by atoms with Gasteiger partial charge in [-0.15, -0.1) is 0 Å². The Hall–Kier alpha value is -2.84. The molecule has 1 aromatic heterocycles. The largest absolute Gasteiger partial charge is 0.492 e. The number of hydrogen-bond donors (Lipinski definition) is 3. The molecule has 0 aliphatic heterocycles. The molecule has 0 radical (unpaired) electrons. The summed E-state index contributed by atoms with van der Waals surface area (Å²) in [6.07, 6.45) is 3.09. The predicted molar refractivity (Wildman–Crippen MR) is 95.8 cm³/mol. The van der Waals surface area contributed by atoms with Gasteiger partial charge in [0.15, 0.2) is 6.39 Å². The van der Waals surface area contributed by atoms with Crippen LogP contribution in [0.15, 0.2) is 35.1 Å². The fraction of sp³-hybridized carbons (Fsp3) is 0.294. The van der Waals surface area contributed by atoms with Gasteiger partial charge in [-0.1, -0.05) is 6.08 Å². The van der Waals surface area contributed by atoms with Gasteiger partial charge in [0.25, 0.3) is 5.91 Å². The van der Waals surface area contributed by atoms with E-state index in [9.17, 15) is 4.79 Å². The third-order valence-corrected chi connectivity index (χ3v) is 3.49. The molecule has 1 amide bonds. The second-order valence-corrected chi connectivity index (χ2v) is 5.35. The number of amides is 1. The van der Waals surface area contributed by atoms with Gasteiger partial charge in [0.2, 0.25) is 5.76 Å². The summed E-state index contributed by atoms with van der Waals surface area (Å²) in [6, 6.07) is 5.29. The summed E-state index contributed by atoms with van der Waals surface area (Å²) in [5, 5.41) is 4.27. The second-order valence-electron chi connectivity index (χ2n) is 5.35. The molecule has 2 rings (SSSR count). The van der Waals surface area contributed by atoms with Crippen molar-refractivity contribution in [1.82, 2.24) is 9.99 Å². The maximum Gasteiger partial charge on any atom is 0.293 e. The number of nitrogens with two attached hydrogens (primary N) is 2. The van der Waals surface area contributed by atoms with Crippen LogP contribution in [0.25, 0.3) is 5.70 Å². The van der Waals surface area contributed by atoms with E-state index in [0.717, 1.165) is 11.3 Å². The van der Waals surface area contributed by atoms with Crippen LogP contribution in [0.1, 0.15) is 28.7 Å². The molecule has 0 spiro atoms. The van der Waals surface area contributed by atoms with E-state index in [0.29, 0.717) is 30.3 Å². The van der Waals surface area contributed by atoms with E-state index in [-0.39, 0.29) is 11.7 Å². The fourth-order valence-electron chi connectivity index (χ4n) is 2.36. The lowest BCUT2D eigenvalue weighted by Crippen LogP contribution is -2.24. The van der Waals surface area contributed by atoms with E-state index in [1.807, 2.05) is 13.0 Å². The zero-order chi connectivity index (χ0) is 18.4. The summed E-state index contributed by atoms with van der Waals surface area (Å²) >= 11 is 0. The zero-order valence-electron chi connectivity index (χ0n) is 14.6. The number of anilines is 1. The lowest BCUT2D eigenvalue weighted by molar-refractivity contribution is 0.0996. The summed E-state index contributed by atoms with van der Waals surface area (Å²) in [4.78, 5) is 16.2. The van der Waals surface area contributed by atoms with Crippen LogP contribution in [0.4, 0.5) is 5.69 Å². The van der Waals surface area contributed by atoms with Crippen molar-refractivity contribution in [3.05, 3.63) is 47.7 Å². The van der Waals surface area contributed by atoms with Crippen molar-refractivity contribution >= 4 is 17.3 Å². The number of nitrogens with zero attached hydrogens (tertiary/aromatic N) is 2. The Morgan fingerprint density at radius 2 is 2.24 bits per heavy atom. The normalized spacial score (nSPS) is 11.3. The smallest absolute Gasteiger partial charge is 0.293 e. The number of benzene rings is 1. The molecule has 0 aliphatic rings. The van der Waals surface area contributed by atoms with Crippen LogP contribution < -0.4 is 21.6 Å². The van der Waals surface area contributed by atoms with Crippen LogP contribution in [0.5, 0.6) is 5.75 Å². The van der Waals surface area contributed by atoms with Crippen LogP contribution in [-0.4, -0.2) is 36.1 Å². The number of aryl methyl sites for hydroxylation is 1. The number of oxazole rings is 1. The minimum absolute atomic E-state index is 0.173. The molecular weight excluding hydrogens is 322 g/mol. The quantitative estimate of drug-likeness (QED) is 0.516. The van der Waals surface area contributed by atoms with Gasteiger partial charge in [0.1, 0.15) is 12.4 Å². The molecule has 0 saturated heterocycles. The molecule has 0 aliphatic carbocycles. The summed E-state index contributed by atoms with van der Waals surface area (Å²) < 4.78 is 10.8. The van der Waals surface area contributed by atoms with Crippen molar-refractivity contribution in [1.29, 1.82) is 0 Å². The molecule has 0 atom stereocenters. The Balaban J connectivity index is 2.34. The highest BCUT2D eigenvalue weighted by Crippen LogP contribution is 2.30. The molecule has 5 N–H and O–H groups in total. The first-order valence-corrected chi connectivity index (χ1v) is 7.81. The first-order chi connectivity index (χ1) is 12.0. The topological polar surface area (TPSA) is 120 Å². The third-order valence-electron chi connectivity index (χ3n) is 3.49. The molecule has 0 saturated carbocycles. The molecule has 1 heterocycles. The Kier molecular flexibility index (Phi) is 6.15. The third kappa shape index (κ3) is 4.37. The predicted octanol–water partition coefficient (Wildman–Crippen LogP) is 1.74. The molecular formula is C17H23N5O3. The SMILES string of the molecule is C/C=C(/c1cc(NC(=O)c2ocnc2C)ccc1OCCN)N(C)N. The van der Waals surface area contributed by atoms with Crippen LogP contribution >= 0.6 is 0 Å². The van der Waals surface area contributed by atoms with Crippen LogP contribution in [0.2, 0.25) is 0 Å². The summed E-state index contributed by atoms with van der Waals surface area (Å²) in [6.45, 7) is 4.34. The zero-order valence-corrected chi connectivity index (χ0v) is 14.6. The Labute approximate surface area is 146 Å². The van der Waals surface area contributed by atoms with Gasteiger partial charge >= 0.3 is 0 Å². The van der Waals surface area contributed by atoms with E-state index in [4.69, 9.17) is 20.7 Å². The van der Waals surface area contributed by atoms with Gasteiger partial charge in [0.05, 0.1) is 11.4 Å². The summed E-state index contributed by atoms with van der Waals surface area (Å²) in [5.74, 6) is 6.33. The van der Waals surface area contributed by atoms with Gasteiger partial charge in [-0.2, -0.15) is 0 Å². The number of carbonyl (C=O) groups excluding carboxylic acids is 1. The number of nitrogens with one attached hydrogen (secondary N) is 1. The minimum atomic E-state index is -0.375. The van der Waals surface area contributed by atoms with Crippen molar-refractivity contribution in [2.24, 2.45) is 11.6 Å². The molecule has 134 valence electrons. The Morgan fingerprint density at radius 1 is 1.48 bits per heavy atom. The number of ether oxygens (including phenoxy) is 1. The van der Waals surface area contributed by atoms with Gasteiger partial charge in [0, 0.05) is 24.8 Å². The van der Waals surface area contributed by atoms with E-state index in [2.05, 4.69) is 10.3 Å². The standard InChI is InChI=1S/C17H23N5O3/c1-4-14(22(3)19)13-9-12(5-6-15(13)24-8-7-18)21-17(23)16-11(2)20-10-25-16/h4-6,9-10H,7-8,18-19H2,1-3H3,(H,21,23)/b14-4-. The molecule has 0 unspecified atom stereocenters. The molecule has 8 heteroatoms. The van der Waals surface area contributed by atoms with Crippen LogP contribution in [0, 0.1) is 6.92 Å². The number of hydrogen-bond acceptors (Lipinski definition) is 7. The number of hydrazine groups is 1. The number of aromatic nitrogens is 1. The number of carbonyl (C=O) groups is 1. The summed E-state index contributed by atoms with van der Waals surface area (Å²) in [5.41, 5.74) is 8.11. The first kappa shape index (κ1) is 18.5. The monoisotopic (exact) mass is 345 g/mol. The second kappa shape index (κ2) is 8.32. The van der Waals surface area contributed by atoms with Gasteiger partial charge in [-0.3, -0.25) is 4.79 Å². The minimum Gasteiger partial charge on any atom is -0.492 e. The van der Waals surface area contributed by atoms with Crippen molar-refractivity contribution in [3.63, 3.8) is 0 Å². The van der Waals surface area contributed by atoms with E-state index >= 15 is 0 Å². The molecule has 2 aromatic rings. The van der Waals surface area contributed by atoms with Crippen LogP contribution in [-0.2, 0) is 0 Å².